The summed E-state index contributed by atoms with van der Waals surface area (Å²) in [7, 11) is 0. The average molecular weight is 302 g/mol. The average Bonchev–Trinajstić information content (AvgIpc) is 3.00. The van der Waals surface area contributed by atoms with Crippen LogP contribution in [-0.2, 0) is 9.59 Å². The Bertz CT molecular complexity index is 725. The second-order valence-electron chi connectivity index (χ2n) is 5.67. The van der Waals surface area contributed by atoms with Crippen molar-refractivity contribution in [3.05, 3.63) is 12.4 Å². The minimum atomic E-state index is -0.670. The van der Waals surface area contributed by atoms with Crippen molar-refractivity contribution in [1.29, 1.82) is 0 Å². The number of nitrogen functional groups attached to an aromatic ring is 1. The number of fused-ring (bicyclic) bond motifs is 1. The number of hydrogen-bond acceptors (Lipinski definition) is 5. The number of H-pyrrole nitrogens is 1. The summed E-state index contributed by atoms with van der Waals surface area (Å²) in [4.78, 5) is 30.0. The molecule has 2 aromatic heterocycles. The second-order valence-corrected chi connectivity index (χ2v) is 5.67. The Morgan fingerprint density at radius 1 is 1.45 bits per heavy atom. The summed E-state index contributed by atoms with van der Waals surface area (Å²) in [6.07, 6.45) is 4.96. The number of rotatable bonds is 1. The van der Waals surface area contributed by atoms with Crippen LogP contribution < -0.4 is 11.1 Å². The number of aromatic amines is 1. The Kier molecular flexibility index (Phi) is 3.66. The molecule has 0 bridgehead atoms. The zero-order chi connectivity index (χ0) is 15.7. The Labute approximate surface area is 127 Å². The highest BCUT2D eigenvalue weighted by Crippen LogP contribution is 2.24. The van der Waals surface area contributed by atoms with Gasteiger partial charge in [-0.15, -0.1) is 0 Å². The third kappa shape index (κ3) is 2.59. The number of anilines is 2. The highest BCUT2D eigenvalue weighted by atomic mass is 16.2. The number of nitrogens with one attached hydrogen (secondary N) is 2. The molecule has 1 fully saturated rings. The molecule has 1 saturated heterocycles. The van der Waals surface area contributed by atoms with E-state index < -0.39 is 11.8 Å². The summed E-state index contributed by atoms with van der Waals surface area (Å²) >= 11 is 0. The molecule has 8 nitrogen and oxygen atoms in total. The van der Waals surface area contributed by atoms with Gasteiger partial charge in [0.1, 0.15) is 5.82 Å². The third-order valence-corrected chi connectivity index (χ3v) is 3.90. The maximum Gasteiger partial charge on any atom is 0.314 e. The van der Waals surface area contributed by atoms with Gasteiger partial charge in [-0.1, -0.05) is 6.92 Å². The van der Waals surface area contributed by atoms with Gasteiger partial charge in [0, 0.05) is 13.1 Å². The van der Waals surface area contributed by atoms with E-state index in [0.717, 1.165) is 12.8 Å². The molecule has 0 aliphatic carbocycles. The fourth-order valence-corrected chi connectivity index (χ4v) is 2.74. The number of piperidine rings is 1. The zero-order valence-corrected chi connectivity index (χ0v) is 12.3. The van der Waals surface area contributed by atoms with Crippen molar-refractivity contribution >= 4 is 34.2 Å². The predicted octanol–water partition coefficient (Wildman–Crippen LogP) is 0.737. The van der Waals surface area contributed by atoms with E-state index in [2.05, 4.69) is 27.4 Å². The van der Waals surface area contributed by atoms with Crippen molar-refractivity contribution in [3.63, 3.8) is 0 Å². The van der Waals surface area contributed by atoms with Crippen molar-refractivity contribution in [3.8, 4) is 0 Å². The van der Waals surface area contributed by atoms with Crippen LogP contribution in [0.4, 0.5) is 11.5 Å². The van der Waals surface area contributed by atoms with Gasteiger partial charge in [-0.25, -0.2) is 4.98 Å². The molecule has 0 saturated carbocycles. The minimum Gasteiger partial charge on any atom is -0.383 e. The second kappa shape index (κ2) is 5.63. The van der Waals surface area contributed by atoms with Crippen LogP contribution in [-0.4, -0.2) is 45.0 Å². The van der Waals surface area contributed by atoms with Gasteiger partial charge in [0.2, 0.25) is 0 Å². The van der Waals surface area contributed by atoms with E-state index in [9.17, 15) is 9.59 Å². The number of hydrogen-bond donors (Lipinski definition) is 3. The van der Waals surface area contributed by atoms with Crippen LogP contribution in [0.2, 0.25) is 0 Å². The Morgan fingerprint density at radius 2 is 2.27 bits per heavy atom. The summed E-state index contributed by atoms with van der Waals surface area (Å²) < 4.78 is 0. The van der Waals surface area contributed by atoms with Gasteiger partial charge in [-0.2, -0.15) is 5.10 Å². The zero-order valence-electron chi connectivity index (χ0n) is 12.3. The largest absolute Gasteiger partial charge is 0.383 e. The van der Waals surface area contributed by atoms with Crippen LogP contribution in [0, 0.1) is 5.92 Å². The molecular formula is C14H18N6O2. The van der Waals surface area contributed by atoms with Crippen molar-refractivity contribution in [2.45, 2.75) is 19.8 Å². The number of nitrogens with two attached hydrogens (primary N) is 1. The van der Waals surface area contributed by atoms with Gasteiger partial charge in [-0.05, 0) is 18.8 Å². The van der Waals surface area contributed by atoms with Gasteiger partial charge in [-0.3, -0.25) is 14.7 Å². The van der Waals surface area contributed by atoms with Crippen LogP contribution in [0.1, 0.15) is 19.8 Å². The van der Waals surface area contributed by atoms with Crippen LogP contribution in [0.3, 0.4) is 0 Å². The smallest absolute Gasteiger partial charge is 0.314 e. The first-order valence-corrected chi connectivity index (χ1v) is 7.24. The fourth-order valence-electron chi connectivity index (χ4n) is 2.74. The Morgan fingerprint density at radius 3 is 3.05 bits per heavy atom. The summed E-state index contributed by atoms with van der Waals surface area (Å²) in [5, 5.41) is 9.83. The minimum absolute atomic E-state index is 0.318. The van der Waals surface area contributed by atoms with Crippen LogP contribution in [0.15, 0.2) is 12.4 Å². The van der Waals surface area contributed by atoms with Crippen molar-refractivity contribution in [1.82, 2.24) is 20.1 Å². The maximum absolute atomic E-state index is 12.2. The summed E-state index contributed by atoms with van der Waals surface area (Å²) in [5.74, 6) is -0.450. The highest BCUT2D eigenvalue weighted by Gasteiger charge is 2.26. The molecule has 3 rings (SSSR count). The Balaban J connectivity index is 1.77. The quantitative estimate of drug-likeness (QED) is 0.672. The van der Waals surface area contributed by atoms with Crippen molar-refractivity contribution < 1.29 is 9.59 Å². The first-order chi connectivity index (χ1) is 10.6. The molecule has 8 heteroatoms. The van der Waals surface area contributed by atoms with Crippen LogP contribution in [0.5, 0.6) is 0 Å². The van der Waals surface area contributed by atoms with Gasteiger partial charge in [0.25, 0.3) is 0 Å². The summed E-state index contributed by atoms with van der Waals surface area (Å²) in [6.45, 7) is 3.32. The number of aromatic nitrogens is 3. The number of carbonyl (C=O) groups excluding carboxylic acids is 2. The lowest BCUT2D eigenvalue weighted by Gasteiger charge is -2.30. The van der Waals surface area contributed by atoms with Crippen LogP contribution in [0.25, 0.3) is 10.9 Å². The van der Waals surface area contributed by atoms with Gasteiger partial charge >= 0.3 is 11.8 Å². The topological polar surface area (TPSA) is 117 Å². The first kappa shape index (κ1) is 14.3. The predicted molar refractivity (Wildman–Crippen MR) is 81.9 cm³/mol. The molecule has 2 amide bonds. The molecule has 22 heavy (non-hydrogen) atoms. The van der Waals surface area contributed by atoms with Crippen LogP contribution >= 0.6 is 0 Å². The van der Waals surface area contributed by atoms with E-state index in [1.54, 1.807) is 4.90 Å². The summed E-state index contributed by atoms with van der Waals surface area (Å²) in [6, 6.07) is 0. The monoisotopic (exact) mass is 302 g/mol. The first-order valence-electron chi connectivity index (χ1n) is 7.24. The van der Waals surface area contributed by atoms with Crippen molar-refractivity contribution in [2.75, 3.05) is 24.1 Å². The molecule has 1 atom stereocenters. The maximum atomic E-state index is 12.2. The molecule has 2 aromatic rings. The van der Waals surface area contributed by atoms with E-state index in [1.165, 1.54) is 12.4 Å². The van der Waals surface area contributed by atoms with E-state index in [-0.39, 0.29) is 0 Å². The third-order valence-electron chi connectivity index (χ3n) is 3.90. The normalized spacial score (nSPS) is 18.4. The number of nitrogens with zero attached hydrogens (tertiary/aromatic N) is 3. The Hall–Kier alpha value is -2.64. The standard InChI is InChI=1S/C14H18N6O2/c1-8-3-2-4-20(7-8)14(22)13(21)18-10-6-16-12(15)9-5-17-19-11(9)10/h5-6,8H,2-4,7H2,1H3,(H2,15,16)(H,17,19)(H,18,21). The lowest BCUT2D eigenvalue weighted by atomic mass is 10.0. The van der Waals surface area contributed by atoms with E-state index >= 15 is 0 Å². The van der Waals surface area contributed by atoms with E-state index in [4.69, 9.17) is 5.73 Å². The molecule has 1 aliphatic heterocycles. The number of amides is 2. The highest BCUT2D eigenvalue weighted by molar-refractivity contribution is 6.40. The van der Waals surface area contributed by atoms with Gasteiger partial charge < -0.3 is 16.0 Å². The fraction of sp³-hybridized carbons (Fsp3) is 0.429. The van der Waals surface area contributed by atoms with Crippen molar-refractivity contribution in [2.24, 2.45) is 5.92 Å². The molecule has 3 heterocycles. The lowest BCUT2D eigenvalue weighted by Crippen LogP contribution is -2.44. The molecule has 0 radical (unpaired) electrons. The molecule has 0 spiro atoms. The molecular weight excluding hydrogens is 284 g/mol. The SMILES string of the molecule is CC1CCCN(C(=O)C(=O)Nc2cnc(N)c3cn[nH]c23)C1. The number of pyridine rings is 1. The van der Waals surface area contributed by atoms with E-state index in [0.29, 0.717) is 41.4 Å². The van der Waals surface area contributed by atoms with Gasteiger partial charge in [0.15, 0.2) is 0 Å². The molecule has 1 aliphatic rings. The van der Waals surface area contributed by atoms with Gasteiger partial charge in [0.05, 0.1) is 29.0 Å². The lowest BCUT2D eigenvalue weighted by molar-refractivity contribution is -0.144. The molecule has 116 valence electrons. The number of carbonyl (C=O) groups is 2. The van der Waals surface area contributed by atoms with E-state index in [1.807, 2.05) is 0 Å². The molecule has 0 aromatic carbocycles. The molecule has 1 unspecified atom stereocenters. The molecule has 4 N–H and O–H groups in total. The number of likely N-dealkylation sites (tertiary alicyclic amines) is 1. The summed E-state index contributed by atoms with van der Waals surface area (Å²) in [5.41, 5.74) is 6.68.